The average molecular weight is 223 g/mol. The highest BCUT2D eigenvalue weighted by Gasteiger charge is 2.39. The lowest BCUT2D eigenvalue weighted by atomic mass is 10.0. The number of hydrogen-bond acceptors (Lipinski definition) is 2. The number of hydrogen-bond donors (Lipinski definition) is 2. The van der Waals surface area contributed by atoms with Crippen LogP contribution in [0.15, 0.2) is 12.1 Å². The highest BCUT2D eigenvalue weighted by atomic mass is 19.4. The van der Waals surface area contributed by atoms with E-state index in [-0.39, 0.29) is 5.56 Å². The van der Waals surface area contributed by atoms with Gasteiger partial charge in [-0.1, -0.05) is 6.07 Å². The first-order chi connectivity index (χ1) is 6.75. The van der Waals surface area contributed by atoms with Gasteiger partial charge in [0.1, 0.15) is 17.6 Å². The highest BCUT2D eigenvalue weighted by molar-refractivity contribution is 5.42. The van der Waals surface area contributed by atoms with Gasteiger partial charge in [-0.3, -0.25) is 0 Å². The predicted molar refractivity (Wildman–Crippen MR) is 45.8 cm³/mol. The molecule has 0 heterocycles. The Morgan fingerprint density at radius 2 is 1.87 bits per heavy atom. The average Bonchev–Trinajstić information content (AvgIpc) is 2.12. The molecule has 0 unspecified atom stereocenters. The number of halogens is 4. The van der Waals surface area contributed by atoms with E-state index in [1.807, 2.05) is 0 Å². The Morgan fingerprint density at radius 3 is 2.33 bits per heavy atom. The summed E-state index contributed by atoms with van der Waals surface area (Å²) >= 11 is 0. The minimum absolute atomic E-state index is 0.243. The molecule has 3 N–H and O–H groups in total. The quantitative estimate of drug-likeness (QED) is 0.718. The minimum Gasteiger partial charge on any atom is -0.507 e. The lowest BCUT2D eigenvalue weighted by molar-refractivity contribution is -0.149. The third kappa shape index (κ3) is 2.20. The largest absolute Gasteiger partial charge is 0.507 e. The van der Waals surface area contributed by atoms with Crippen LogP contribution in [0, 0.1) is 12.7 Å². The monoisotopic (exact) mass is 223 g/mol. The lowest BCUT2D eigenvalue weighted by Gasteiger charge is -2.18. The van der Waals surface area contributed by atoms with Gasteiger partial charge in [-0.2, -0.15) is 13.2 Å². The summed E-state index contributed by atoms with van der Waals surface area (Å²) in [7, 11) is 0. The van der Waals surface area contributed by atoms with Gasteiger partial charge in [-0.15, -0.1) is 0 Å². The fourth-order valence-electron chi connectivity index (χ4n) is 1.12. The molecule has 0 fully saturated rings. The minimum atomic E-state index is -4.66. The number of phenols is 1. The summed E-state index contributed by atoms with van der Waals surface area (Å²) in [6, 6.07) is -0.636. The van der Waals surface area contributed by atoms with Crippen molar-refractivity contribution in [3.05, 3.63) is 29.1 Å². The van der Waals surface area contributed by atoms with Crippen molar-refractivity contribution < 1.29 is 22.7 Å². The molecule has 1 atom stereocenters. The Bertz CT molecular complexity index is 375. The van der Waals surface area contributed by atoms with Crippen molar-refractivity contribution in [3.63, 3.8) is 0 Å². The number of phenolic OH excluding ortho intramolecular Hbond substituents is 1. The van der Waals surface area contributed by atoms with Crippen molar-refractivity contribution in [2.24, 2.45) is 5.73 Å². The van der Waals surface area contributed by atoms with Crippen molar-refractivity contribution in [1.29, 1.82) is 0 Å². The summed E-state index contributed by atoms with van der Waals surface area (Å²) in [6.07, 6.45) is -4.66. The van der Waals surface area contributed by atoms with E-state index in [0.29, 0.717) is 0 Å². The Hall–Kier alpha value is -1.30. The Balaban J connectivity index is 3.23. The maximum atomic E-state index is 12.8. The van der Waals surface area contributed by atoms with Crippen LogP contribution in [0.4, 0.5) is 17.6 Å². The number of benzene rings is 1. The zero-order valence-corrected chi connectivity index (χ0v) is 7.77. The second-order valence-electron chi connectivity index (χ2n) is 3.13. The SMILES string of the molecule is Cc1c(F)ccc([C@H](N)C(F)(F)F)c1O. The summed E-state index contributed by atoms with van der Waals surface area (Å²) in [5.74, 6) is -1.52. The molecule has 0 aliphatic heterocycles. The van der Waals surface area contributed by atoms with Gasteiger partial charge in [0.25, 0.3) is 0 Å². The topological polar surface area (TPSA) is 46.2 Å². The van der Waals surface area contributed by atoms with Crippen molar-refractivity contribution in [3.8, 4) is 5.75 Å². The van der Waals surface area contributed by atoms with Crippen molar-refractivity contribution >= 4 is 0 Å². The van der Waals surface area contributed by atoms with E-state index in [0.717, 1.165) is 12.1 Å². The van der Waals surface area contributed by atoms with Gasteiger partial charge in [0.2, 0.25) is 0 Å². The van der Waals surface area contributed by atoms with Gasteiger partial charge in [0.15, 0.2) is 0 Å². The first-order valence-electron chi connectivity index (χ1n) is 4.05. The van der Waals surface area contributed by atoms with Gasteiger partial charge in [0, 0.05) is 11.1 Å². The van der Waals surface area contributed by atoms with Gasteiger partial charge in [-0.05, 0) is 13.0 Å². The van der Waals surface area contributed by atoms with Crippen LogP contribution >= 0.6 is 0 Å². The summed E-state index contributed by atoms with van der Waals surface area (Å²) in [4.78, 5) is 0. The van der Waals surface area contributed by atoms with Gasteiger partial charge < -0.3 is 10.8 Å². The zero-order valence-electron chi connectivity index (χ0n) is 7.77. The number of alkyl halides is 3. The van der Waals surface area contributed by atoms with Gasteiger partial charge in [0.05, 0.1) is 0 Å². The van der Waals surface area contributed by atoms with Crippen LogP contribution in [0.5, 0.6) is 5.75 Å². The molecule has 0 amide bonds. The van der Waals surface area contributed by atoms with Crippen molar-refractivity contribution in [2.45, 2.75) is 19.1 Å². The van der Waals surface area contributed by atoms with Crippen LogP contribution in [0.3, 0.4) is 0 Å². The molecule has 0 spiro atoms. The van der Waals surface area contributed by atoms with E-state index >= 15 is 0 Å². The third-order valence-electron chi connectivity index (χ3n) is 2.08. The summed E-state index contributed by atoms with van der Waals surface area (Å²) in [5, 5.41) is 9.29. The third-order valence-corrected chi connectivity index (χ3v) is 2.08. The first kappa shape index (κ1) is 11.8. The molecule has 0 aliphatic carbocycles. The molecule has 1 aromatic rings. The fraction of sp³-hybridized carbons (Fsp3) is 0.333. The molecular weight excluding hydrogens is 214 g/mol. The van der Waals surface area contributed by atoms with E-state index < -0.39 is 29.3 Å². The molecule has 2 nitrogen and oxygen atoms in total. The first-order valence-corrected chi connectivity index (χ1v) is 4.05. The van der Waals surface area contributed by atoms with Crippen LogP contribution in [0.25, 0.3) is 0 Å². The van der Waals surface area contributed by atoms with Crippen LogP contribution in [0.1, 0.15) is 17.2 Å². The summed E-state index contributed by atoms with van der Waals surface area (Å²) in [5.41, 5.74) is 4.11. The van der Waals surface area contributed by atoms with E-state index in [9.17, 15) is 22.7 Å². The molecule has 0 saturated heterocycles. The fourth-order valence-corrected chi connectivity index (χ4v) is 1.12. The zero-order chi connectivity index (χ0) is 11.8. The highest BCUT2D eigenvalue weighted by Crippen LogP contribution is 2.36. The second kappa shape index (κ2) is 3.69. The predicted octanol–water partition coefficient (Wildman–Crippen LogP) is 2.40. The standard InChI is InChI=1S/C9H9F4NO/c1-4-6(10)3-2-5(7(4)15)8(14)9(11,12)13/h2-3,8,15H,14H2,1H3/t8-/m0/s1. The number of rotatable bonds is 1. The number of aromatic hydroxyl groups is 1. The molecule has 1 aromatic carbocycles. The van der Waals surface area contributed by atoms with Gasteiger partial charge in [-0.25, -0.2) is 4.39 Å². The smallest absolute Gasteiger partial charge is 0.407 e. The molecule has 15 heavy (non-hydrogen) atoms. The lowest BCUT2D eigenvalue weighted by Crippen LogP contribution is -2.28. The number of nitrogens with two attached hydrogens (primary N) is 1. The van der Waals surface area contributed by atoms with Crippen molar-refractivity contribution in [1.82, 2.24) is 0 Å². The molecule has 0 radical (unpaired) electrons. The van der Waals surface area contributed by atoms with Gasteiger partial charge >= 0.3 is 6.18 Å². The molecule has 1 rings (SSSR count). The molecule has 0 aliphatic rings. The van der Waals surface area contributed by atoms with E-state index in [4.69, 9.17) is 5.73 Å². The molecule has 6 heteroatoms. The van der Waals surface area contributed by atoms with E-state index in [1.165, 1.54) is 6.92 Å². The molecular formula is C9H9F4NO. The normalized spacial score (nSPS) is 14.0. The van der Waals surface area contributed by atoms with E-state index in [2.05, 4.69) is 0 Å². The molecule has 84 valence electrons. The summed E-state index contributed by atoms with van der Waals surface area (Å²) < 4.78 is 49.5. The van der Waals surface area contributed by atoms with Crippen molar-refractivity contribution in [2.75, 3.05) is 0 Å². The molecule has 0 aromatic heterocycles. The van der Waals surface area contributed by atoms with E-state index in [1.54, 1.807) is 0 Å². The van der Waals surface area contributed by atoms with Crippen LogP contribution in [-0.2, 0) is 0 Å². The Kier molecular flexibility index (Phi) is 2.90. The maximum Gasteiger partial charge on any atom is 0.407 e. The van der Waals surface area contributed by atoms with Crippen LogP contribution in [-0.4, -0.2) is 11.3 Å². The second-order valence-corrected chi connectivity index (χ2v) is 3.13. The van der Waals surface area contributed by atoms with Crippen LogP contribution in [0.2, 0.25) is 0 Å². The Morgan fingerprint density at radius 1 is 1.33 bits per heavy atom. The molecule has 0 bridgehead atoms. The maximum absolute atomic E-state index is 12.8. The Labute approximate surface area is 83.3 Å². The summed E-state index contributed by atoms with van der Waals surface area (Å²) in [6.45, 7) is 1.18. The van der Waals surface area contributed by atoms with Crippen LogP contribution < -0.4 is 5.73 Å². The molecule has 0 saturated carbocycles.